The Bertz CT molecular complexity index is 741. The Morgan fingerprint density at radius 1 is 1.12 bits per heavy atom. The molecule has 2 saturated heterocycles. The molecule has 2 aromatic rings. The van der Waals surface area contributed by atoms with Crippen LogP contribution in [0.2, 0.25) is 0 Å². The average molecular weight is 325 g/mol. The summed E-state index contributed by atoms with van der Waals surface area (Å²) in [6.07, 6.45) is 4.12. The van der Waals surface area contributed by atoms with Gasteiger partial charge in [0.15, 0.2) is 0 Å². The number of fused-ring (bicyclic) bond motifs is 1. The number of hydrogen-bond donors (Lipinski definition) is 1. The molecule has 6 heteroatoms. The van der Waals surface area contributed by atoms with Crippen LogP contribution in [0.4, 0.5) is 0 Å². The van der Waals surface area contributed by atoms with Crippen LogP contribution in [-0.2, 0) is 4.79 Å². The van der Waals surface area contributed by atoms with Crippen LogP contribution >= 0.6 is 0 Å². The first kappa shape index (κ1) is 15.5. The maximum Gasteiger partial charge on any atom is 0.221 e. The van der Waals surface area contributed by atoms with E-state index in [-0.39, 0.29) is 5.91 Å². The van der Waals surface area contributed by atoms with Crippen molar-refractivity contribution in [2.45, 2.75) is 25.4 Å². The third kappa shape index (κ3) is 2.99. The molecule has 2 atom stereocenters. The van der Waals surface area contributed by atoms with Crippen molar-refractivity contribution in [3.8, 4) is 0 Å². The highest BCUT2D eigenvalue weighted by Gasteiger charge is 2.30. The minimum atomic E-state index is 0.188. The van der Waals surface area contributed by atoms with Crippen LogP contribution in [0.15, 0.2) is 30.6 Å². The van der Waals surface area contributed by atoms with Gasteiger partial charge in [-0.05, 0) is 24.6 Å². The number of benzene rings is 1. The highest BCUT2D eigenvalue weighted by molar-refractivity contribution is 5.79. The van der Waals surface area contributed by atoms with E-state index in [1.165, 1.54) is 5.56 Å². The molecule has 6 nitrogen and oxygen atoms in total. The summed E-state index contributed by atoms with van der Waals surface area (Å²) in [7, 11) is 0. The third-order valence-corrected chi connectivity index (χ3v) is 5.34. The number of aromatic nitrogens is 2. The minimum Gasteiger partial charge on any atom is -0.354 e. The smallest absolute Gasteiger partial charge is 0.221 e. The standard InChI is InChI=1S/C18H23N5O/c1-13(14-2-3-16-17(10-14)20-5-4-19-16)22-6-8-23(9-7-22)15-11-18(24)21-12-15/h2-5,10,13,15H,6-9,11-12H2,1H3,(H,21,24). The van der Waals surface area contributed by atoms with Gasteiger partial charge in [-0.1, -0.05) is 6.07 Å². The van der Waals surface area contributed by atoms with E-state index in [1.54, 1.807) is 12.4 Å². The Kier molecular flexibility index (Phi) is 4.16. The second-order valence-corrected chi connectivity index (χ2v) is 6.71. The highest BCUT2D eigenvalue weighted by atomic mass is 16.1. The molecule has 0 radical (unpaired) electrons. The molecule has 3 heterocycles. The van der Waals surface area contributed by atoms with Crippen LogP contribution in [-0.4, -0.2) is 64.4 Å². The molecule has 1 aromatic heterocycles. The molecule has 2 unspecified atom stereocenters. The zero-order chi connectivity index (χ0) is 16.5. The van der Waals surface area contributed by atoms with Gasteiger partial charge in [0, 0.05) is 63.6 Å². The Balaban J connectivity index is 1.41. The summed E-state index contributed by atoms with van der Waals surface area (Å²) in [6, 6.07) is 7.11. The van der Waals surface area contributed by atoms with Crippen LogP contribution in [0.5, 0.6) is 0 Å². The highest BCUT2D eigenvalue weighted by Crippen LogP contribution is 2.25. The van der Waals surface area contributed by atoms with Gasteiger partial charge in [0.2, 0.25) is 5.91 Å². The summed E-state index contributed by atoms with van der Waals surface area (Å²) in [5.41, 5.74) is 3.18. The number of hydrogen-bond acceptors (Lipinski definition) is 5. The number of rotatable bonds is 3. The van der Waals surface area contributed by atoms with E-state index in [0.717, 1.165) is 43.8 Å². The van der Waals surface area contributed by atoms with Gasteiger partial charge in [-0.2, -0.15) is 0 Å². The zero-order valence-corrected chi connectivity index (χ0v) is 14.0. The molecule has 2 aliphatic rings. The van der Waals surface area contributed by atoms with Gasteiger partial charge in [-0.25, -0.2) is 0 Å². The summed E-state index contributed by atoms with van der Waals surface area (Å²) < 4.78 is 0. The Morgan fingerprint density at radius 2 is 1.88 bits per heavy atom. The molecule has 126 valence electrons. The second-order valence-electron chi connectivity index (χ2n) is 6.71. The summed E-state index contributed by atoms with van der Waals surface area (Å²) in [5.74, 6) is 0.188. The number of nitrogens with zero attached hydrogens (tertiary/aromatic N) is 4. The molecule has 0 aliphatic carbocycles. The first-order valence-electron chi connectivity index (χ1n) is 8.66. The lowest BCUT2D eigenvalue weighted by Crippen LogP contribution is -2.51. The summed E-state index contributed by atoms with van der Waals surface area (Å²) >= 11 is 0. The molecule has 1 aromatic carbocycles. The van der Waals surface area contributed by atoms with E-state index < -0.39 is 0 Å². The molecule has 0 bridgehead atoms. The first-order chi connectivity index (χ1) is 11.7. The fourth-order valence-corrected chi connectivity index (χ4v) is 3.79. The quantitative estimate of drug-likeness (QED) is 0.919. The predicted molar refractivity (Wildman–Crippen MR) is 92.5 cm³/mol. The van der Waals surface area contributed by atoms with Crippen molar-refractivity contribution in [3.05, 3.63) is 36.2 Å². The van der Waals surface area contributed by atoms with Crippen molar-refractivity contribution in [2.75, 3.05) is 32.7 Å². The summed E-state index contributed by atoms with van der Waals surface area (Å²) in [6.45, 7) is 7.18. The molecular weight excluding hydrogens is 302 g/mol. The van der Waals surface area contributed by atoms with E-state index >= 15 is 0 Å². The monoisotopic (exact) mass is 325 g/mol. The van der Waals surface area contributed by atoms with E-state index in [1.807, 2.05) is 0 Å². The van der Waals surface area contributed by atoms with Crippen molar-refractivity contribution < 1.29 is 4.79 Å². The molecule has 0 saturated carbocycles. The van der Waals surface area contributed by atoms with Crippen molar-refractivity contribution in [3.63, 3.8) is 0 Å². The van der Waals surface area contributed by atoms with Gasteiger partial charge >= 0.3 is 0 Å². The molecule has 2 aliphatic heterocycles. The van der Waals surface area contributed by atoms with Gasteiger partial charge in [-0.15, -0.1) is 0 Å². The number of amides is 1. The fourth-order valence-electron chi connectivity index (χ4n) is 3.79. The molecular formula is C18H23N5O. The SMILES string of the molecule is CC(c1ccc2nccnc2c1)N1CCN(C2CNC(=O)C2)CC1. The third-order valence-electron chi connectivity index (χ3n) is 5.34. The second kappa shape index (κ2) is 6.45. The van der Waals surface area contributed by atoms with Crippen LogP contribution in [0.3, 0.4) is 0 Å². The first-order valence-corrected chi connectivity index (χ1v) is 8.66. The van der Waals surface area contributed by atoms with Crippen molar-refractivity contribution in [1.29, 1.82) is 0 Å². The predicted octanol–water partition coefficient (Wildman–Crippen LogP) is 1.20. The minimum absolute atomic E-state index is 0.188. The Labute approximate surface area is 141 Å². The Hall–Kier alpha value is -2.05. The lowest BCUT2D eigenvalue weighted by molar-refractivity contribution is -0.119. The molecule has 4 rings (SSSR count). The number of nitrogens with one attached hydrogen (secondary N) is 1. The van der Waals surface area contributed by atoms with Gasteiger partial charge in [0.1, 0.15) is 0 Å². The van der Waals surface area contributed by atoms with Gasteiger partial charge in [-0.3, -0.25) is 24.6 Å². The van der Waals surface area contributed by atoms with Crippen molar-refractivity contribution >= 4 is 16.9 Å². The number of carbonyl (C=O) groups is 1. The maximum atomic E-state index is 11.4. The largest absolute Gasteiger partial charge is 0.354 e. The lowest BCUT2D eigenvalue weighted by atomic mass is 10.0. The van der Waals surface area contributed by atoms with Gasteiger partial charge < -0.3 is 5.32 Å². The van der Waals surface area contributed by atoms with Crippen molar-refractivity contribution in [2.24, 2.45) is 0 Å². The lowest BCUT2D eigenvalue weighted by Gasteiger charge is -2.40. The average Bonchev–Trinajstić information content (AvgIpc) is 3.07. The van der Waals surface area contributed by atoms with Crippen molar-refractivity contribution in [1.82, 2.24) is 25.1 Å². The fraction of sp³-hybridized carbons (Fsp3) is 0.500. The van der Waals surface area contributed by atoms with Crippen LogP contribution in [0, 0.1) is 0 Å². The number of piperazine rings is 1. The van der Waals surface area contributed by atoms with Gasteiger partial charge in [0.25, 0.3) is 0 Å². The summed E-state index contributed by atoms with van der Waals surface area (Å²) in [4.78, 5) is 25.1. The number of carbonyl (C=O) groups excluding carboxylic acids is 1. The molecule has 2 fully saturated rings. The van der Waals surface area contributed by atoms with E-state index in [4.69, 9.17) is 0 Å². The topological polar surface area (TPSA) is 61.4 Å². The van der Waals surface area contributed by atoms with Crippen LogP contribution < -0.4 is 5.32 Å². The summed E-state index contributed by atoms with van der Waals surface area (Å²) in [5, 5.41) is 2.94. The normalized spacial score (nSPS) is 24.2. The zero-order valence-electron chi connectivity index (χ0n) is 14.0. The molecule has 1 N–H and O–H groups in total. The van der Waals surface area contributed by atoms with E-state index in [0.29, 0.717) is 18.5 Å². The van der Waals surface area contributed by atoms with E-state index in [9.17, 15) is 4.79 Å². The Morgan fingerprint density at radius 3 is 2.58 bits per heavy atom. The van der Waals surface area contributed by atoms with Gasteiger partial charge in [0.05, 0.1) is 11.0 Å². The van der Waals surface area contributed by atoms with E-state index in [2.05, 4.69) is 50.2 Å². The molecule has 1 amide bonds. The maximum absolute atomic E-state index is 11.4. The van der Waals surface area contributed by atoms with Crippen LogP contribution in [0.25, 0.3) is 11.0 Å². The molecule has 24 heavy (non-hydrogen) atoms. The molecule has 0 spiro atoms. The van der Waals surface area contributed by atoms with Crippen LogP contribution in [0.1, 0.15) is 24.9 Å².